The molecule has 0 fully saturated rings. The van der Waals surface area contributed by atoms with Crippen LogP contribution in [0.15, 0.2) is 48.5 Å². The van der Waals surface area contributed by atoms with E-state index in [9.17, 15) is 9.59 Å². The Kier molecular flexibility index (Phi) is 7.00. The topological polar surface area (TPSA) is 62.3 Å². The molecule has 0 spiro atoms. The molecule has 2 aromatic carbocycles. The van der Waals surface area contributed by atoms with Crippen molar-refractivity contribution in [2.45, 2.75) is 34.1 Å². The van der Waals surface area contributed by atoms with Crippen molar-refractivity contribution in [3.05, 3.63) is 69.5 Å². The zero-order chi connectivity index (χ0) is 21.7. The summed E-state index contributed by atoms with van der Waals surface area (Å²) in [7, 11) is 0. The van der Waals surface area contributed by atoms with Crippen LogP contribution >= 0.6 is 11.3 Å². The van der Waals surface area contributed by atoms with Gasteiger partial charge in [0.1, 0.15) is 0 Å². The van der Waals surface area contributed by atoms with E-state index in [1.165, 1.54) is 16.9 Å². The van der Waals surface area contributed by atoms with Crippen molar-refractivity contribution < 1.29 is 9.59 Å². The third-order valence-corrected chi connectivity index (χ3v) is 5.87. The summed E-state index contributed by atoms with van der Waals surface area (Å²) in [6.45, 7) is 9.21. The zero-order valence-electron chi connectivity index (χ0n) is 17.9. The molecule has 1 heterocycles. The fourth-order valence-electron chi connectivity index (χ4n) is 3.30. The molecule has 0 radical (unpaired) electrons. The Morgan fingerprint density at radius 3 is 2.40 bits per heavy atom. The number of hydrogen-bond donors (Lipinski definition) is 1. The molecular formula is C24H27N3O2S. The summed E-state index contributed by atoms with van der Waals surface area (Å²) in [6.07, 6.45) is 0.239. The maximum absolute atomic E-state index is 12.7. The average molecular weight is 422 g/mol. The smallest absolute Gasteiger partial charge is 0.253 e. The Morgan fingerprint density at radius 2 is 1.73 bits per heavy atom. The Bertz CT molecular complexity index is 1040. The van der Waals surface area contributed by atoms with Crippen molar-refractivity contribution in [1.29, 1.82) is 0 Å². The molecule has 6 heteroatoms. The number of anilines is 1. The summed E-state index contributed by atoms with van der Waals surface area (Å²) in [5.74, 6) is -0.157. The second kappa shape index (κ2) is 9.67. The molecule has 0 aliphatic heterocycles. The van der Waals surface area contributed by atoms with Gasteiger partial charge in [-0.15, -0.1) is 11.3 Å². The number of thiazole rings is 1. The predicted octanol–water partition coefficient (Wildman–Crippen LogP) is 5.09. The van der Waals surface area contributed by atoms with Crippen LogP contribution < -0.4 is 5.32 Å². The number of nitrogens with zero attached hydrogens (tertiary/aromatic N) is 2. The summed E-state index contributed by atoms with van der Waals surface area (Å²) >= 11 is 1.54. The van der Waals surface area contributed by atoms with Crippen molar-refractivity contribution in [3.8, 4) is 11.3 Å². The fraction of sp³-hybridized carbons (Fsp3) is 0.292. The van der Waals surface area contributed by atoms with Gasteiger partial charge in [-0.05, 0) is 45.9 Å². The van der Waals surface area contributed by atoms with Gasteiger partial charge in [0.2, 0.25) is 5.91 Å². The molecule has 0 saturated heterocycles. The number of carbonyl (C=O) groups excluding carboxylic acids is 2. The third kappa shape index (κ3) is 5.13. The highest BCUT2D eigenvalue weighted by Crippen LogP contribution is 2.29. The minimum Gasteiger partial charge on any atom is -0.339 e. The molecule has 1 N–H and O–H groups in total. The number of amides is 2. The van der Waals surface area contributed by atoms with Crippen molar-refractivity contribution in [3.63, 3.8) is 0 Å². The molecule has 30 heavy (non-hydrogen) atoms. The van der Waals surface area contributed by atoms with Crippen LogP contribution in [0.4, 0.5) is 5.69 Å². The quantitative estimate of drug-likeness (QED) is 0.578. The van der Waals surface area contributed by atoms with E-state index in [0.29, 0.717) is 24.3 Å². The normalized spacial score (nSPS) is 10.7. The number of carbonyl (C=O) groups is 2. The lowest BCUT2D eigenvalue weighted by atomic mass is 10.1. The van der Waals surface area contributed by atoms with Gasteiger partial charge in [-0.1, -0.05) is 35.9 Å². The van der Waals surface area contributed by atoms with Crippen LogP contribution in [0.25, 0.3) is 11.3 Å². The van der Waals surface area contributed by atoms with E-state index in [2.05, 4.69) is 10.3 Å². The zero-order valence-corrected chi connectivity index (χ0v) is 18.7. The lowest BCUT2D eigenvalue weighted by Crippen LogP contribution is -2.30. The van der Waals surface area contributed by atoms with Crippen molar-refractivity contribution >= 4 is 28.8 Å². The van der Waals surface area contributed by atoms with E-state index in [4.69, 9.17) is 0 Å². The monoisotopic (exact) mass is 421 g/mol. The van der Waals surface area contributed by atoms with Crippen LogP contribution in [0.5, 0.6) is 0 Å². The number of aromatic nitrogens is 1. The highest BCUT2D eigenvalue weighted by molar-refractivity contribution is 7.12. The summed E-state index contributed by atoms with van der Waals surface area (Å²) in [5.41, 5.74) is 4.25. The van der Waals surface area contributed by atoms with E-state index in [0.717, 1.165) is 21.1 Å². The summed E-state index contributed by atoms with van der Waals surface area (Å²) in [6, 6.07) is 15.3. The number of benzene rings is 2. The second-order valence-electron chi connectivity index (χ2n) is 7.15. The summed E-state index contributed by atoms with van der Waals surface area (Å²) in [5, 5.41) is 3.86. The highest BCUT2D eigenvalue weighted by atomic mass is 32.1. The molecular weight excluding hydrogens is 394 g/mol. The molecule has 3 rings (SSSR count). The largest absolute Gasteiger partial charge is 0.339 e. The Hall–Kier alpha value is -2.99. The van der Waals surface area contributed by atoms with Crippen LogP contribution in [-0.2, 0) is 11.2 Å². The molecule has 0 unspecified atom stereocenters. The van der Waals surface area contributed by atoms with Crippen LogP contribution in [-0.4, -0.2) is 34.8 Å². The third-order valence-electron chi connectivity index (χ3n) is 4.89. The Labute approximate surface area is 181 Å². The lowest BCUT2D eigenvalue weighted by molar-refractivity contribution is -0.115. The van der Waals surface area contributed by atoms with Gasteiger partial charge in [0, 0.05) is 34.8 Å². The molecule has 1 aromatic heterocycles. The first-order valence-electron chi connectivity index (χ1n) is 10.1. The van der Waals surface area contributed by atoms with E-state index in [-0.39, 0.29) is 18.2 Å². The maximum Gasteiger partial charge on any atom is 0.253 e. The number of rotatable bonds is 7. The first-order valence-corrected chi connectivity index (χ1v) is 11.0. The van der Waals surface area contributed by atoms with Crippen molar-refractivity contribution in [2.75, 3.05) is 18.4 Å². The molecule has 5 nitrogen and oxygen atoms in total. The maximum atomic E-state index is 12.7. The molecule has 0 aliphatic carbocycles. The van der Waals surface area contributed by atoms with Gasteiger partial charge in [-0.2, -0.15) is 0 Å². The number of aryl methyl sites for hydroxylation is 2. The van der Waals surface area contributed by atoms with Crippen LogP contribution in [0.3, 0.4) is 0 Å². The predicted molar refractivity (Wildman–Crippen MR) is 123 cm³/mol. The molecule has 0 atom stereocenters. The molecule has 156 valence electrons. The second-order valence-corrected chi connectivity index (χ2v) is 8.44. The van der Waals surface area contributed by atoms with E-state index in [1.807, 2.05) is 52.0 Å². The first kappa shape index (κ1) is 21.7. The molecule has 0 saturated carbocycles. The highest BCUT2D eigenvalue weighted by Gasteiger charge is 2.16. The van der Waals surface area contributed by atoms with Gasteiger partial charge in [-0.3, -0.25) is 9.59 Å². The van der Waals surface area contributed by atoms with E-state index >= 15 is 0 Å². The molecule has 0 bridgehead atoms. The standard InChI is InChI=1S/C24H27N3O2S/c1-5-27(6-2)24(29)19-8-7-9-20(14-19)26-22(28)15-21-23(25-17(4)30-21)18-12-10-16(3)11-13-18/h7-14H,5-6,15H2,1-4H3,(H,26,28). The minimum atomic E-state index is -0.126. The summed E-state index contributed by atoms with van der Waals surface area (Å²) in [4.78, 5) is 32.6. The summed E-state index contributed by atoms with van der Waals surface area (Å²) < 4.78 is 0. The molecule has 2 amide bonds. The SMILES string of the molecule is CCN(CC)C(=O)c1cccc(NC(=O)Cc2sc(C)nc2-c2ccc(C)cc2)c1. The van der Waals surface area contributed by atoms with Crippen LogP contribution in [0.2, 0.25) is 0 Å². The lowest BCUT2D eigenvalue weighted by Gasteiger charge is -2.19. The van der Waals surface area contributed by atoms with Crippen molar-refractivity contribution in [2.24, 2.45) is 0 Å². The van der Waals surface area contributed by atoms with Crippen LogP contribution in [0, 0.1) is 13.8 Å². The van der Waals surface area contributed by atoms with Crippen LogP contribution in [0.1, 0.15) is 39.7 Å². The van der Waals surface area contributed by atoms with Gasteiger partial charge in [0.05, 0.1) is 17.1 Å². The Balaban J connectivity index is 1.75. The first-order chi connectivity index (χ1) is 14.4. The average Bonchev–Trinajstić information content (AvgIpc) is 3.09. The fourth-order valence-corrected chi connectivity index (χ4v) is 4.26. The van der Waals surface area contributed by atoms with Gasteiger partial charge in [-0.25, -0.2) is 4.98 Å². The van der Waals surface area contributed by atoms with E-state index in [1.54, 1.807) is 29.2 Å². The van der Waals surface area contributed by atoms with Gasteiger partial charge in [0.15, 0.2) is 0 Å². The van der Waals surface area contributed by atoms with Gasteiger partial charge in [0.25, 0.3) is 5.91 Å². The van der Waals surface area contributed by atoms with Gasteiger partial charge >= 0.3 is 0 Å². The Morgan fingerprint density at radius 1 is 1.03 bits per heavy atom. The molecule has 3 aromatic rings. The van der Waals surface area contributed by atoms with Gasteiger partial charge < -0.3 is 10.2 Å². The van der Waals surface area contributed by atoms with Crippen molar-refractivity contribution in [1.82, 2.24) is 9.88 Å². The number of hydrogen-bond acceptors (Lipinski definition) is 4. The van der Waals surface area contributed by atoms with E-state index < -0.39 is 0 Å². The number of nitrogens with one attached hydrogen (secondary N) is 1. The molecule has 0 aliphatic rings. The minimum absolute atomic E-state index is 0.0316.